The highest BCUT2D eigenvalue weighted by atomic mass is 35.5. The third-order valence-corrected chi connectivity index (χ3v) is 3.43. The number of fused-ring (bicyclic) bond motifs is 1. The second kappa shape index (κ2) is 5.68. The standard InChI is InChI=1S/C11H13ClN4O2S/c1-19(17,18)14-7-6-13-11-9-5-3-2-4-8(9)10(12)15-16-11/h2-5,14H,6-7H2,1H3,(H,13,16). The van der Waals surface area contributed by atoms with E-state index in [1.807, 2.05) is 24.3 Å². The van der Waals surface area contributed by atoms with Crippen LogP contribution in [0.5, 0.6) is 0 Å². The van der Waals surface area contributed by atoms with E-state index in [9.17, 15) is 8.42 Å². The van der Waals surface area contributed by atoms with Gasteiger partial charge in [-0.05, 0) is 0 Å². The summed E-state index contributed by atoms with van der Waals surface area (Å²) in [6.07, 6.45) is 1.12. The molecule has 0 spiro atoms. The zero-order chi connectivity index (χ0) is 13.9. The van der Waals surface area contributed by atoms with Crippen LogP contribution in [0.1, 0.15) is 0 Å². The third-order valence-electron chi connectivity index (χ3n) is 2.42. The lowest BCUT2D eigenvalue weighted by atomic mass is 10.2. The minimum absolute atomic E-state index is 0.275. The minimum atomic E-state index is -3.17. The quantitative estimate of drug-likeness (QED) is 0.812. The highest BCUT2D eigenvalue weighted by Crippen LogP contribution is 2.25. The molecule has 0 atom stereocenters. The van der Waals surface area contributed by atoms with Crippen LogP contribution < -0.4 is 10.0 Å². The van der Waals surface area contributed by atoms with E-state index in [4.69, 9.17) is 11.6 Å². The zero-order valence-electron chi connectivity index (χ0n) is 10.2. The Labute approximate surface area is 116 Å². The molecule has 1 aromatic carbocycles. The molecule has 6 nitrogen and oxygen atoms in total. The molecule has 1 aromatic heterocycles. The molecule has 0 saturated carbocycles. The molecule has 0 aliphatic heterocycles. The average Bonchev–Trinajstić information content (AvgIpc) is 2.36. The Hall–Kier alpha value is -1.44. The largest absolute Gasteiger partial charge is 0.367 e. The van der Waals surface area contributed by atoms with Gasteiger partial charge in [0.05, 0.1) is 6.26 Å². The van der Waals surface area contributed by atoms with E-state index in [0.29, 0.717) is 17.5 Å². The van der Waals surface area contributed by atoms with Gasteiger partial charge in [-0.2, -0.15) is 0 Å². The molecule has 0 unspecified atom stereocenters. The second-order valence-corrected chi connectivity index (χ2v) is 6.17. The Kier molecular flexibility index (Phi) is 4.18. The maximum Gasteiger partial charge on any atom is 0.208 e. The van der Waals surface area contributed by atoms with Crippen LogP contribution in [-0.2, 0) is 10.0 Å². The highest BCUT2D eigenvalue weighted by Gasteiger charge is 2.07. The van der Waals surface area contributed by atoms with E-state index in [0.717, 1.165) is 17.0 Å². The van der Waals surface area contributed by atoms with Crippen molar-refractivity contribution in [3.63, 3.8) is 0 Å². The first-order chi connectivity index (χ1) is 8.97. The lowest BCUT2D eigenvalue weighted by molar-refractivity contribution is 0.589. The fraction of sp³-hybridized carbons (Fsp3) is 0.273. The number of hydrogen-bond acceptors (Lipinski definition) is 5. The van der Waals surface area contributed by atoms with Crippen LogP contribution in [0.15, 0.2) is 24.3 Å². The molecule has 0 radical (unpaired) electrons. The van der Waals surface area contributed by atoms with Crippen molar-refractivity contribution in [2.24, 2.45) is 0 Å². The summed E-state index contributed by atoms with van der Waals surface area (Å²) in [7, 11) is -3.17. The number of sulfonamides is 1. The average molecular weight is 301 g/mol. The maximum atomic E-state index is 10.9. The van der Waals surface area contributed by atoms with Gasteiger partial charge in [0.1, 0.15) is 0 Å². The summed E-state index contributed by atoms with van der Waals surface area (Å²) in [5.41, 5.74) is 0. The predicted molar refractivity (Wildman–Crippen MR) is 75.9 cm³/mol. The van der Waals surface area contributed by atoms with E-state index in [1.54, 1.807) is 0 Å². The van der Waals surface area contributed by atoms with Gasteiger partial charge in [0.15, 0.2) is 11.0 Å². The van der Waals surface area contributed by atoms with Crippen LogP contribution in [-0.4, -0.2) is 38.0 Å². The van der Waals surface area contributed by atoms with Crippen molar-refractivity contribution in [3.8, 4) is 0 Å². The molecule has 0 amide bonds. The molecule has 0 fully saturated rings. The number of anilines is 1. The van der Waals surface area contributed by atoms with Gasteiger partial charge in [0.25, 0.3) is 0 Å². The molecule has 0 aliphatic carbocycles. The molecular formula is C11H13ClN4O2S. The van der Waals surface area contributed by atoms with Gasteiger partial charge in [0, 0.05) is 23.9 Å². The first kappa shape index (κ1) is 14.0. The van der Waals surface area contributed by atoms with E-state index in [2.05, 4.69) is 20.2 Å². The Bertz CT molecular complexity index is 690. The SMILES string of the molecule is CS(=O)(=O)NCCNc1nnc(Cl)c2ccccc12. The van der Waals surface area contributed by atoms with Crippen molar-refractivity contribution < 1.29 is 8.42 Å². The normalized spacial score (nSPS) is 11.7. The lowest BCUT2D eigenvalue weighted by Crippen LogP contribution is -2.27. The number of benzene rings is 1. The van der Waals surface area contributed by atoms with Crippen molar-refractivity contribution in [1.82, 2.24) is 14.9 Å². The van der Waals surface area contributed by atoms with Crippen LogP contribution >= 0.6 is 11.6 Å². The van der Waals surface area contributed by atoms with Gasteiger partial charge in [-0.15, -0.1) is 10.2 Å². The summed E-state index contributed by atoms with van der Waals surface area (Å²) in [5.74, 6) is 0.579. The number of halogens is 1. The fourth-order valence-corrected chi connectivity index (χ4v) is 2.29. The number of nitrogens with zero attached hydrogens (tertiary/aromatic N) is 2. The topological polar surface area (TPSA) is 84.0 Å². The Morgan fingerprint density at radius 3 is 2.53 bits per heavy atom. The number of nitrogens with one attached hydrogen (secondary N) is 2. The molecular weight excluding hydrogens is 288 g/mol. The van der Waals surface area contributed by atoms with Crippen molar-refractivity contribution in [2.45, 2.75) is 0 Å². The summed E-state index contributed by atoms with van der Waals surface area (Å²) in [6.45, 7) is 0.685. The van der Waals surface area contributed by atoms with E-state index >= 15 is 0 Å². The number of aromatic nitrogens is 2. The predicted octanol–water partition coefficient (Wildman–Crippen LogP) is 1.24. The van der Waals surface area contributed by atoms with Gasteiger partial charge in [0.2, 0.25) is 10.0 Å². The molecule has 0 bridgehead atoms. The molecule has 0 saturated heterocycles. The summed E-state index contributed by atoms with van der Waals surface area (Å²) < 4.78 is 24.2. The summed E-state index contributed by atoms with van der Waals surface area (Å²) in [5, 5.41) is 12.8. The molecule has 1 heterocycles. The third kappa shape index (κ3) is 3.76. The van der Waals surface area contributed by atoms with Crippen LogP contribution in [0.3, 0.4) is 0 Å². The molecule has 19 heavy (non-hydrogen) atoms. The summed E-state index contributed by atoms with van der Waals surface area (Å²) in [6, 6.07) is 7.47. The van der Waals surface area contributed by atoms with Gasteiger partial charge in [-0.1, -0.05) is 35.9 Å². The summed E-state index contributed by atoms with van der Waals surface area (Å²) >= 11 is 5.96. The van der Waals surface area contributed by atoms with Crippen LogP contribution in [0.4, 0.5) is 5.82 Å². The lowest BCUT2D eigenvalue weighted by Gasteiger charge is -2.08. The number of rotatable bonds is 5. The molecule has 0 aliphatic rings. The summed E-state index contributed by atoms with van der Waals surface area (Å²) in [4.78, 5) is 0. The van der Waals surface area contributed by atoms with Gasteiger partial charge in [-0.25, -0.2) is 13.1 Å². The zero-order valence-corrected chi connectivity index (χ0v) is 11.8. The first-order valence-electron chi connectivity index (χ1n) is 5.57. The van der Waals surface area contributed by atoms with Crippen molar-refractivity contribution in [1.29, 1.82) is 0 Å². The molecule has 2 rings (SSSR count). The first-order valence-corrected chi connectivity index (χ1v) is 7.84. The Morgan fingerprint density at radius 1 is 1.16 bits per heavy atom. The van der Waals surface area contributed by atoms with E-state index in [-0.39, 0.29) is 6.54 Å². The van der Waals surface area contributed by atoms with Crippen molar-refractivity contribution in [3.05, 3.63) is 29.4 Å². The minimum Gasteiger partial charge on any atom is -0.367 e. The molecule has 102 valence electrons. The van der Waals surface area contributed by atoms with Gasteiger partial charge in [-0.3, -0.25) is 0 Å². The van der Waals surface area contributed by atoms with E-state index in [1.165, 1.54) is 0 Å². The second-order valence-electron chi connectivity index (χ2n) is 3.98. The fourth-order valence-electron chi connectivity index (χ4n) is 1.62. The smallest absolute Gasteiger partial charge is 0.208 e. The molecule has 2 aromatic rings. The van der Waals surface area contributed by atoms with E-state index < -0.39 is 10.0 Å². The molecule has 2 N–H and O–H groups in total. The molecule has 8 heteroatoms. The van der Waals surface area contributed by atoms with Crippen LogP contribution in [0.25, 0.3) is 10.8 Å². The van der Waals surface area contributed by atoms with Crippen LogP contribution in [0.2, 0.25) is 5.15 Å². The van der Waals surface area contributed by atoms with Crippen molar-refractivity contribution >= 4 is 38.2 Å². The van der Waals surface area contributed by atoms with Crippen LogP contribution in [0, 0.1) is 0 Å². The Balaban J connectivity index is 2.11. The Morgan fingerprint density at radius 2 is 1.84 bits per heavy atom. The van der Waals surface area contributed by atoms with Gasteiger partial charge < -0.3 is 5.32 Å². The highest BCUT2D eigenvalue weighted by molar-refractivity contribution is 7.88. The van der Waals surface area contributed by atoms with Gasteiger partial charge >= 0.3 is 0 Å². The number of hydrogen-bond donors (Lipinski definition) is 2. The van der Waals surface area contributed by atoms with Crippen molar-refractivity contribution in [2.75, 3.05) is 24.7 Å². The maximum absolute atomic E-state index is 10.9. The monoisotopic (exact) mass is 300 g/mol.